The zero-order chi connectivity index (χ0) is 22.3. The second kappa shape index (κ2) is 7.91. The lowest BCUT2D eigenvalue weighted by atomic mass is 10.1. The van der Waals surface area contributed by atoms with Crippen LogP contribution in [0, 0.1) is 0 Å². The van der Waals surface area contributed by atoms with Crippen LogP contribution in [-0.4, -0.2) is 37.5 Å². The largest absolute Gasteiger partial charge is 0.490 e. The highest BCUT2D eigenvalue weighted by molar-refractivity contribution is 5.87. The van der Waals surface area contributed by atoms with Gasteiger partial charge < -0.3 is 9.47 Å². The van der Waals surface area contributed by atoms with E-state index >= 15 is 0 Å². The van der Waals surface area contributed by atoms with Crippen LogP contribution in [-0.2, 0) is 16.1 Å². The molecule has 1 saturated carbocycles. The zero-order valence-electron chi connectivity index (χ0n) is 18.5. The predicted octanol–water partition coefficient (Wildman–Crippen LogP) is 4.84. The molecule has 7 nitrogen and oxygen atoms in total. The maximum Gasteiger partial charge on any atom is 0.161 e. The van der Waals surface area contributed by atoms with Gasteiger partial charge in [-0.3, -0.25) is 9.89 Å². The maximum absolute atomic E-state index is 11.9. The Hall–Kier alpha value is -3.45. The van der Waals surface area contributed by atoms with E-state index < -0.39 is 5.60 Å². The summed E-state index contributed by atoms with van der Waals surface area (Å²) >= 11 is 0. The molecule has 0 bridgehead atoms. The number of hydrogen-bond acceptors (Lipinski definition) is 5. The number of H-pyrrole nitrogens is 1. The molecule has 0 amide bonds. The summed E-state index contributed by atoms with van der Waals surface area (Å²) in [5.74, 6) is 0.833. The number of hydrogen-bond donors (Lipinski definition) is 1. The molecule has 0 unspecified atom stereocenters. The van der Waals surface area contributed by atoms with Crippen molar-refractivity contribution in [2.45, 2.75) is 51.9 Å². The fraction of sp³-hybridized carbons (Fsp3) is 0.320. The van der Waals surface area contributed by atoms with E-state index in [1.54, 1.807) is 20.0 Å². The average molecular weight is 431 g/mol. The van der Waals surface area contributed by atoms with Gasteiger partial charge in [0.15, 0.2) is 5.78 Å². The molecule has 7 heteroatoms. The molecule has 2 aromatic heterocycles. The molecule has 0 spiro atoms. The summed E-state index contributed by atoms with van der Waals surface area (Å²) in [6.45, 7) is 5.32. The third kappa shape index (κ3) is 4.03. The number of fused-ring (bicyclic) bond motifs is 1. The summed E-state index contributed by atoms with van der Waals surface area (Å²) in [6, 6.07) is 16.1. The molecule has 0 atom stereocenters. The van der Waals surface area contributed by atoms with Crippen molar-refractivity contribution in [2.24, 2.45) is 0 Å². The second-order valence-electron chi connectivity index (χ2n) is 8.74. The molecular weight excluding hydrogens is 404 g/mol. The van der Waals surface area contributed by atoms with Crippen molar-refractivity contribution >= 4 is 16.7 Å². The molecule has 0 saturated heterocycles. The van der Waals surface area contributed by atoms with Crippen molar-refractivity contribution in [1.82, 2.24) is 20.0 Å². The molecule has 164 valence electrons. The molecule has 1 fully saturated rings. The number of nitrogens with one attached hydrogen (secondary N) is 1. The number of aromatic amines is 1. The number of aromatic nitrogens is 4. The summed E-state index contributed by atoms with van der Waals surface area (Å²) < 4.78 is 13.8. The Morgan fingerprint density at radius 2 is 2.00 bits per heavy atom. The molecule has 2 aromatic carbocycles. The normalized spacial score (nSPS) is 14.1. The van der Waals surface area contributed by atoms with E-state index in [0.29, 0.717) is 6.10 Å². The minimum absolute atomic E-state index is 0.0229. The third-order valence-electron chi connectivity index (χ3n) is 5.84. The first-order chi connectivity index (χ1) is 15.4. The molecule has 1 aliphatic carbocycles. The van der Waals surface area contributed by atoms with Gasteiger partial charge in [0.1, 0.15) is 11.4 Å². The lowest BCUT2D eigenvalue weighted by Crippen LogP contribution is -2.32. The van der Waals surface area contributed by atoms with E-state index in [0.717, 1.165) is 52.1 Å². The minimum atomic E-state index is -0.869. The van der Waals surface area contributed by atoms with Gasteiger partial charge in [0.05, 0.1) is 41.5 Å². The Morgan fingerprint density at radius 3 is 2.78 bits per heavy atom. The molecule has 4 aromatic rings. The molecule has 2 heterocycles. The summed E-state index contributed by atoms with van der Waals surface area (Å²) in [5.41, 5.74) is 3.63. The van der Waals surface area contributed by atoms with E-state index in [1.807, 2.05) is 53.2 Å². The van der Waals surface area contributed by atoms with Gasteiger partial charge in [0.25, 0.3) is 0 Å². The molecule has 32 heavy (non-hydrogen) atoms. The van der Waals surface area contributed by atoms with E-state index in [2.05, 4.69) is 10.2 Å². The van der Waals surface area contributed by atoms with Crippen LogP contribution in [0.1, 0.15) is 39.3 Å². The van der Waals surface area contributed by atoms with Crippen LogP contribution in [0.4, 0.5) is 0 Å². The van der Waals surface area contributed by atoms with Crippen molar-refractivity contribution in [1.29, 1.82) is 0 Å². The first kappa shape index (κ1) is 20.5. The monoisotopic (exact) mass is 430 g/mol. The molecule has 0 radical (unpaired) electrons. The summed E-state index contributed by atoms with van der Waals surface area (Å²) in [7, 11) is 0. The molecule has 1 N–H and O–H groups in total. The zero-order valence-corrected chi connectivity index (χ0v) is 18.5. The van der Waals surface area contributed by atoms with Crippen molar-refractivity contribution < 1.29 is 14.3 Å². The Labute approximate surface area is 186 Å². The molecule has 1 aliphatic rings. The van der Waals surface area contributed by atoms with Crippen LogP contribution in [0.25, 0.3) is 27.8 Å². The van der Waals surface area contributed by atoms with Crippen molar-refractivity contribution in [3.05, 3.63) is 60.4 Å². The van der Waals surface area contributed by atoms with Gasteiger partial charge in [-0.2, -0.15) is 10.2 Å². The van der Waals surface area contributed by atoms with Crippen LogP contribution in [0.5, 0.6) is 5.75 Å². The lowest BCUT2D eigenvalue weighted by molar-refractivity contribution is -0.139. The van der Waals surface area contributed by atoms with E-state index in [4.69, 9.17) is 14.6 Å². The number of carbonyl (C=O) groups excluding carboxylic acids is 1. The second-order valence-corrected chi connectivity index (χ2v) is 8.74. The Bertz CT molecular complexity index is 1280. The van der Waals surface area contributed by atoms with Gasteiger partial charge in [-0.25, -0.2) is 4.68 Å². The van der Waals surface area contributed by atoms with E-state index in [1.165, 1.54) is 6.92 Å². The number of carbonyl (C=O) groups is 1. The Morgan fingerprint density at radius 1 is 1.19 bits per heavy atom. The topological polar surface area (TPSA) is 82.0 Å². The standard InChI is InChI=1S/C25H26N4O3/c1-16(30)25(2,3)31-15-18-13-24(17-6-4-7-20(12-17)32-19-10-11-19)29(28-18)23-9-5-8-22-21(23)14-26-27-22/h4-9,12-14,19H,10-11,15H2,1-3H3,(H,26,27). The molecule has 5 rings (SSSR count). The predicted molar refractivity (Wildman–Crippen MR) is 122 cm³/mol. The Balaban J connectivity index is 1.57. The Kier molecular flexibility index (Phi) is 5.06. The summed E-state index contributed by atoms with van der Waals surface area (Å²) in [5, 5.41) is 13.0. The van der Waals surface area contributed by atoms with Crippen molar-refractivity contribution in [2.75, 3.05) is 0 Å². The number of ketones is 1. The highest BCUT2D eigenvalue weighted by Crippen LogP contribution is 2.32. The van der Waals surface area contributed by atoms with Crippen molar-refractivity contribution in [3.63, 3.8) is 0 Å². The van der Waals surface area contributed by atoms with Crippen LogP contribution < -0.4 is 4.74 Å². The highest BCUT2D eigenvalue weighted by atomic mass is 16.5. The molecule has 0 aliphatic heterocycles. The fourth-order valence-electron chi connectivity index (χ4n) is 3.49. The molecular formula is C25H26N4O3. The highest BCUT2D eigenvalue weighted by Gasteiger charge is 2.26. The lowest BCUT2D eigenvalue weighted by Gasteiger charge is -2.21. The smallest absolute Gasteiger partial charge is 0.161 e. The number of benzene rings is 2. The first-order valence-corrected chi connectivity index (χ1v) is 10.8. The fourth-order valence-corrected chi connectivity index (χ4v) is 3.49. The van der Waals surface area contributed by atoms with Crippen LogP contribution in [0.15, 0.2) is 54.7 Å². The quantitative estimate of drug-likeness (QED) is 0.432. The summed E-state index contributed by atoms with van der Waals surface area (Å²) in [6.07, 6.45) is 4.35. The SMILES string of the molecule is CC(=O)C(C)(C)OCc1cc(-c2cccc(OC3CC3)c2)n(-c2cccc3[nH]ncc23)n1. The van der Waals surface area contributed by atoms with Gasteiger partial charge in [-0.1, -0.05) is 18.2 Å². The van der Waals surface area contributed by atoms with E-state index in [-0.39, 0.29) is 12.4 Å². The van der Waals surface area contributed by atoms with Gasteiger partial charge in [0.2, 0.25) is 0 Å². The minimum Gasteiger partial charge on any atom is -0.490 e. The van der Waals surface area contributed by atoms with Gasteiger partial charge in [-0.15, -0.1) is 0 Å². The number of nitrogens with zero attached hydrogens (tertiary/aromatic N) is 3. The first-order valence-electron chi connectivity index (χ1n) is 10.8. The number of rotatable bonds is 8. The van der Waals surface area contributed by atoms with E-state index in [9.17, 15) is 4.79 Å². The van der Waals surface area contributed by atoms with Gasteiger partial charge >= 0.3 is 0 Å². The number of Topliss-reactive ketones (excluding diaryl/α,β-unsaturated/α-hetero) is 1. The van der Waals surface area contributed by atoms with Crippen LogP contribution in [0.3, 0.4) is 0 Å². The van der Waals surface area contributed by atoms with Gasteiger partial charge in [0, 0.05) is 10.9 Å². The van der Waals surface area contributed by atoms with Crippen LogP contribution in [0.2, 0.25) is 0 Å². The van der Waals surface area contributed by atoms with Crippen molar-refractivity contribution in [3.8, 4) is 22.7 Å². The third-order valence-corrected chi connectivity index (χ3v) is 5.84. The average Bonchev–Trinajstić information content (AvgIpc) is 3.28. The van der Waals surface area contributed by atoms with Gasteiger partial charge in [-0.05, 0) is 63.9 Å². The van der Waals surface area contributed by atoms with Crippen LogP contribution >= 0.6 is 0 Å². The number of ether oxygens (including phenoxy) is 2. The summed E-state index contributed by atoms with van der Waals surface area (Å²) in [4.78, 5) is 11.9. The maximum atomic E-state index is 11.9.